The summed E-state index contributed by atoms with van der Waals surface area (Å²) in [7, 11) is -10.0. The monoisotopic (exact) mass is 1450 g/mol. The standard InChI is InChI=1S/C58H74N2O37S2/c59-7-22-19-4-2-17-6-21(19)23(8-60)18-3-1-16(5-20(18)22)98(80,81)14-29-50-37(72)44(79)58(90-29)95-49-28(13-65)86-54(40(75)33(49)68)93-47-26(11-63)88-56(42(77)35(47)70)97-51-30(15-99(17,82)83)89-57(43(78)36(51)71)94-48-27(12-64)85-53(39(74)32(48)67)91-45-24(9-61)84-52(38(73)31(45)66)92-46-25(10-62)87-55(96-50)41(76)34(46)69/h1-6,24-58,61-79H,9-15H2. The first kappa shape index (κ1) is 74.5. The minimum atomic E-state index is -5.02. The molecular formula is C58H74N2O37S2. The molecule has 23 heterocycles. The van der Waals surface area contributed by atoms with Gasteiger partial charge in [-0.25, -0.2) is 16.8 Å². The maximum atomic E-state index is 15.0. The molecule has 0 amide bonds. The number of hydrogen-bond acceptors (Lipinski definition) is 39. The fourth-order valence-electron chi connectivity index (χ4n) is 13.8. The predicted octanol–water partition coefficient (Wildman–Crippen LogP) is -11.9. The zero-order chi connectivity index (χ0) is 71.3. The smallest absolute Gasteiger partial charge is 0.187 e. The SMILES string of the molecule is N#Cc1c2ccc3cc2c(C#N)c2ccc(cc12)S(=O)(=O)CC1OC2OC4C(CO)OC(OC5C(CO)OC(OC6C(CS3(=O)=O)OC(OC3C(CO)OC(OC7C(CO)OC(OC8C(CO)OC(OC1C(O)C2O)C(O)C8O)C(O)C7O)C(O)C3O)C(O)C6O)C(O)C5O)C(O)C4O. The fraction of sp³-hybridized carbons (Fsp3) is 0.724. The molecule has 0 saturated carbocycles. The first-order valence-electron chi connectivity index (χ1n) is 31.1. The Hall–Kier alpha value is -4.26. The van der Waals surface area contributed by atoms with E-state index < -0.39 is 289 Å². The Morgan fingerprint density at radius 3 is 0.737 bits per heavy atom. The van der Waals surface area contributed by atoms with E-state index in [9.17, 15) is 108 Å². The van der Waals surface area contributed by atoms with E-state index in [1.54, 1.807) is 0 Å². The van der Waals surface area contributed by atoms with Crippen molar-refractivity contribution >= 4 is 41.2 Å². The van der Waals surface area contributed by atoms with Crippen molar-refractivity contribution in [2.45, 2.75) is 225 Å². The van der Waals surface area contributed by atoms with Gasteiger partial charge in [-0.05, 0) is 24.3 Å². The van der Waals surface area contributed by atoms with E-state index in [4.69, 9.17) is 66.3 Å². The predicted molar refractivity (Wildman–Crippen MR) is 309 cm³/mol. The van der Waals surface area contributed by atoms with E-state index in [2.05, 4.69) is 0 Å². The molecule has 23 aliphatic rings. The average molecular weight is 1460 g/mol. The minimum absolute atomic E-state index is 0.147. The molecular weight excluding hydrogens is 1380 g/mol. The van der Waals surface area contributed by atoms with Gasteiger partial charge < -0.3 is 163 Å². The van der Waals surface area contributed by atoms with Crippen molar-refractivity contribution in [2.75, 3.05) is 44.5 Å². The summed E-state index contributed by atoms with van der Waals surface area (Å²) in [6.07, 6.45) is -78.3. The number of nitriles is 2. The Morgan fingerprint density at radius 2 is 0.515 bits per heavy atom. The number of nitrogens with zero attached hydrogens (tertiary/aromatic N) is 2. The molecule has 0 spiro atoms. The van der Waals surface area contributed by atoms with Gasteiger partial charge in [0.15, 0.2) is 63.7 Å². The van der Waals surface area contributed by atoms with Gasteiger partial charge in [0, 0.05) is 21.5 Å². The molecule has 7 fully saturated rings. The first-order valence-corrected chi connectivity index (χ1v) is 34.4. The molecule has 19 N–H and O–H groups in total. The Bertz CT molecular complexity index is 3690. The van der Waals surface area contributed by atoms with Gasteiger partial charge in [0.2, 0.25) is 0 Å². The van der Waals surface area contributed by atoms with E-state index in [0.29, 0.717) is 0 Å². The van der Waals surface area contributed by atoms with Gasteiger partial charge in [-0.15, -0.1) is 0 Å². The van der Waals surface area contributed by atoms with Crippen LogP contribution < -0.4 is 0 Å². The number of sulfone groups is 2. The molecule has 39 nitrogen and oxygen atoms in total. The molecule has 23 aliphatic heterocycles. The molecule has 3 aromatic rings. The fourth-order valence-corrected chi connectivity index (χ4v) is 16.8. The lowest BCUT2D eigenvalue weighted by molar-refractivity contribution is -0.395. The second-order valence-corrected chi connectivity index (χ2v) is 29.3. The summed E-state index contributed by atoms with van der Waals surface area (Å²) < 4.78 is 142. The molecule has 0 radical (unpaired) electrons. The van der Waals surface area contributed by atoms with Crippen molar-refractivity contribution in [1.29, 1.82) is 10.5 Å². The highest BCUT2D eigenvalue weighted by molar-refractivity contribution is 7.91. The van der Waals surface area contributed by atoms with Gasteiger partial charge in [0.25, 0.3) is 0 Å². The lowest BCUT2D eigenvalue weighted by Crippen LogP contribution is -2.68. The third-order valence-electron chi connectivity index (χ3n) is 19.2. The largest absolute Gasteiger partial charge is 0.394 e. The summed E-state index contributed by atoms with van der Waals surface area (Å²) in [5.74, 6) is -2.76. The van der Waals surface area contributed by atoms with Crippen LogP contribution in [0.3, 0.4) is 0 Å². The van der Waals surface area contributed by atoms with E-state index >= 15 is 16.8 Å². The quantitative estimate of drug-likeness (QED) is 0.105. The number of benzene rings is 3. The number of aliphatic hydroxyl groups is 19. The summed E-state index contributed by atoms with van der Waals surface area (Å²) >= 11 is 0. The van der Waals surface area contributed by atoms with Crippen molar-refractivity contribution < 1.29 is 180 Å². The Balaban J connectivity index is 1.02. The molecule has 99 heavy (non-hydrogen) atoms. The molecule has 41 heteroatoms. The summed E-state index contributed by atoms with van der Waals surface area (Å²) in [6, 6.07) is 9.88. The second-order valence-electron chi connectivity index (χ2n) is 25.2. The average Bonchev–Trinajstić information content (AvgIpc) is 0.742. The van der Waals surface area contributed by atoms with Crippen LogP contribution in [-0.2, 0) is 86.0 Å². The lowest BCUT2D eigenvalue weighted by Gasteiger charge is -2.50. The van der Waals surface area contributed by atoms with Gasteiger partial charge in [-0.2, -0.15) is 10.5 Å². The second kappa shape index (κ2) is 29.3. The van der Waals surface area contributed by atoms with Gasteiger partial charge in [0.05, 0.1) is 65.5 Å². The summed E-state index contributed by atoms with van der Waals surface area (Å²) in [5, 5.41) is 239. The van der Waals surface area contributed by atoms with Gasteiger partial charge >= 0.3 is 0 Å². The van der Waals surface area contributed by atoms with Crippen molar-refractivity contribution in [2.24, 2.45) is 0 Å². The van der Waals surface area contributed by atoms with Crippen LogP contribution in [0.15, 0.2) is 46.2 Å². The third-order valence-corrected chi connectivity index (χ3v) is 22.7. The number of hydrogen-bond donors (Lipinski definition) is 19. The van der Waals surface area contributed by atoms with E-state index in [1.807, 2.05) is 12.1 Å². The summed E-state index contributed by atoms with van der Waals surface area (Å²) in [6.45, 7) is -5.88. The molecule has 35 unspecified atom stereocenters. The van der Waals surface area contributed by atoms with Crippen LogP contribution in [0.25, 0.3) is 21.5 Å². The highest BCUT2D eigenvalue weighted by Gasteiger charge is 2.60. The molecule has 0 aliphatic carbocycles. The molecule has 7 saturated heterocycles. The van der Waals surface area contributed by atoms with E-state index in [1.165, 1.54) is 0 Å². The number of rotatable bonds is 5. The minimum Gasteiger partial charge on any atom is -0.394 e. The van der Waals surface area contributed by atoms with Crippen LogP contribution in [0.4, 0.5) is 0 Å². The van der Waals surface area contributed by atoms with Crippen LogP contribution in [0.2, 0.25) is 0 Å². The Labute approximate surface area is 559 Å². The van der Waals surface area contributed by atoms with Crippen molar-refractivity contribution in [3.63, 3.8) is 0 Å². The van der Waals surface area contributed by atoms with Gasteiger partial charge in [0.1, 0.15) is 183 Å². The zero-order valence-corrected chi connectivity index (χ0v) is 52.8. The summed E-state index contributed by atoms with van der Waals surface area (Å²) in [4.78, 5) is -1.32. The van der Waals surface area contributed by atoms with E-state index in [-0.39, 0.29) is 32.7 Å². The Kier molecular flexibility index (Phi) is 22.1. The lowest BCUT2D eigenvalue weighted by atomic mass is 9.93. The maximum absolute atomic E-state index is 15.0. The third kappa shape index (κ3) is 13.5. The zero-order valence-electron chi connectivity index (χ0n) is 51.2. The van der Waals surface area contributed by atoms with Crippen LogP contribution in [0.1, 0.15) is 11.1 Å². The maximum Gasteiger partial charge on any atom is 0.187 e. The highest BCUT2D eigenvalue weighted by atomic mass is 32.2. The van der Waals surface area contributed by atoms with Crippen LogP contribution in [0.5, 0.6) is 0 Å². The number of ether oxygens (including phenoxy) is 14. The van der Waals surface area contributed by atoms with E-state index in [0.717, 1.165) is 36.4 Å². The molecule has 550 valence electrons. The van der Waals surface area contributed by atoms with Crippen molar-refractivity contribution in [1.82, 2.24) is 0 Å². The van der Waals surface area contributed by atoms with Crippen molar-refractivity contribution in [3.05, 3.63) is 47.5 Å². The van der Waals surface area contributed by atoms with Gasteiger partial charge in [-0.1, -0.05) is 12.1 Å². The molecule has 3 aromatic carbocycles. The van der Waals surface area contributed by atoms with Crippen LogP contribution in [-0.4, -0.2) is 373 Å². The molecule has 20 bridgehead atoms. The van der Waals surface area contributed by atoms with Crippen LogP contribution >= 0.6 is 0 Å². The first-order chi connectivity index (χ1) is 47.0. The number of aliphatic hydroxyl groups excluding tert-OH is 19. The van der Waals surface area contributed by atoms with Crippen LogP contribution in [0, 0.1) is 22.7 Å². The molecule has 26 rings (SSSR count). The Morgan fingerprint density at radius 1 is 0.303 bits per heavy atom. The van der Waals surface area contributed by atoms with Gasteiger partial charge in [-0.3, -0.25) is 0 Å². The topological polar surface area (TPSA) is 629 Å². The normalized spacial score (nSPS) is 47.3. The molecule has 0 aromatic heterocycles. The summed E-state index contributed by atoms with van der Waals surface area (Å²) in [5.41, 5.74) is -0.702. The molecule has 35 atom stereocenters. The highest BCUT2D eigenvalue weighted by Crippen LogP contribution is 2.42. The van der Waals surface area contributed by atoms with Crippen molar-refractivity contribution in [3.8, 4) is 12.1 Å².